The lowest BCUT2D eigenvalue weighted by atomic mass is 10.5. The van der Waals surface area contributed by atoms with Crippen molar-refractivity contribution in [3.05, 3.63) is 39.4 Å². The number of rotatable bonds is 2. The monoisotopic (exact) mass is 226 g/mol. The minimum Gasteiger partial charge on any atom is -0.283 e. The van der Waals surface area contributed by atoms with Crippen LogP contribution in [0.15, 0.2) is 24.5 Å². The van der Waals surface area contributed by atoms with E-state index in [0.717, 1.165) is 4.88 Å². The van der Waals surface area contributed by atoms with E-state index >= 15 is 0 Å². The van der Waals surface area contributed by atoms with E-state index in [4.69, 9.17) is 17.0 Å². The Morgan fingerprint density at radius 2 is 2.43 bits per heavy atom. The molecule has 2 aromatic heterocycles. The molecule has 0 unspecified atom stereocenters. The Labute approximate surface area is 89.3 Å². The van der Waals surface area contributed by atoms with Crippen LogP contribution >= 0.6 is 22.9 Å². The van der Waals surface area contributed by atoms with Crippen molar-refractivity contribution in [2.24, 2.45) is 0 Å². The van der Waals surface area contributed by atoms with Gasteiger partial charge < -0.3 is 0 Å². The molecule has 2 rings (SSSR count). The van der Waals surface area contributed by atoms with Crippen LogP contribution in [0.3, 0.4) is 0 Å². The number of hydrogen-bond acceptors (Lipinski definition) is 4. The van der Waals surface area contributed by atoms with E-state index < -0.39 is 0 Å². The van der Waals surface area contributed by atoms with Crippen molar-refractivity contribution in [3.8, 4) is 0 Å². The van der Waals surface area contributed by atoms with Gasteiger partial charge in [0.05, 0.1) is 6.54 Å². The van der Waals surface area contributed by atoms with Crippen molar-refractivity contribution in [2.45, 2.75) is 6.54 Å². The van der Waals surface area contributed by atoms with E-state index in [1.54, 1.807) is 29.2 Å². The van der Waals surface area contributed by atoms with Gasteiger partial charge in [-0.05, 0) is 12.1 Å². The van der Waals surface area contributed by atoms with Crippen LogP contribution in [-0.4, -0.2) is 14.8 Å². The molecule has 2 aromatic rings. The minimum atomic E-state index is 0.372. The van der Waals surface area contributed by atoms with Crippen LogP contribution in [0.25, 0.3) is 0 Å². The highest BCUT2D eigenvalue weighted by atomic mass is 35.5. The van der Waals surface area contributed by atoms with Gasteiger partial charge in [-0.15, -0.1) is 11.3 Å². The first kappa shape index (κ1) is 9.36. The number of aromatic nitrogens is 3. The Kier molecular flexibility index (Phi) is 2.60. The van der Waals surface area contributed by atoms with Gasteiger partial charge in [0.15, 0.2) is 4.47 Å². The summed E-state index contributed by atoms with van der Waals surface area (Å²) in [5, 5.41) is 11.6. The summed E-state index contributed by atoms with van der Waals surface area (Å²) in [7, 11) is 0. The predicted octanol–water partition coefficient (Wildman–Crippen LogP) is 1.52. The third-order valence-corrected chi connectivity index (χ3v) is 2.75. The van der Waals surface area contributed by atoms with Crippen LogP contribution in [-0.2, 0) is 6.54 Å². The van der Waals surface area contributed by atoms with Gasteiger partial charge in [0.25, 0.3) is 0 Å². The van der Waals surface area contributed by atoms with Gasteiger partial charge >= 0.3 is 0 Å². The lowest BCUT2D eigenvalue weighted by Gasteiger charge is -2.00. The number of hydrogen-bond donors (Lipinski definition) is 1. The molecule has 0 amide bonds. The fraction of sp³-hybridized carbons (Fsp3) is 0.125. The summed E-state index contributed by atoms with van der Waals surface area (Å²) < 4.78 is 2.10. The largest absolute Gasteiger partial charge is 0.283 e. The molecule has 0 aromatic carbocycles. The van der Waals surface area contributed by atoms with Crippen molar-refractivity contribution in [2.75, 3.05) is 0 Å². The van der Waals surface area contributed by atoms with Gasteiger partial charge in [0.2, 0.25) is 0 Å². The van der Waals surface area contributed by atoms with E-state index in [9.17, 15) is 0 Å². The topological polar surface area (TPSA) is 54.6 Å². The summed E-state index contributed by atoms with van der Waals surface area (Å²) >= 11 is 7.10. The first-order valence-corrected chi connectivity index (χ1v) is 5.12. The number of nitrogens with one attached hydrogen (secondary N) is 1. The summed E-state index contributed by atoms with van der Waals surface area (Å²) in [5.74, 6) is 0. The van der Waals surface area contributed by atoms with Crippen LogP contribution in [0.4, 0.5) is 0 Å². The van der Waals surface area contributed by atoms with Gasteiger partial charge in [-0.2, -0.15) is 5.10 Å². The third-order valence-electron chi connectivity index (χ3n) is 1.66. The lowest BCUT2D eigenvalue weighted by molar-refractivity contribution is 0.624. The van der Waals surface area contributed by atoms with Crippen molar-refractivity contribution in [1.82, 2.24) is 14.8 Å². The van der Waals surface area contributed by atoms with E-state index in [-0.39, 0.29) is 0 Å². The van der Waals surface area contributed by atoms with Gasteiger partial charge in [0.1, 0.15) is 5.49 Å². The molecule has 0 fully saturated rings. The molecule has 0 bridgehead atoms. The van der Waals surface area contributed by atoms with Crippen molar-refractivity contribution >= 4 is 22.9 Å². The van der Waals surface area contributed by atoms with Crippen LogP contribution in [0.2, 0.25) is 4.47 Å². The van der Waals surface area contributed by atoms with E-state index in [2.05, 4.69) is 10.1 Å². The smallest absolute Gasteiger partial charge is 0.183 e. The fourth-order valence-corrected chi connectivity index (χ4v) is 1.99. The molecule has 0 atom stereocenters. The average molecular weight is 227 g/mol. The maximum absolute atomic E-state index is 7.58. The minimum absolute atomic E-state index is 0.372. The molecular formula is C8H7ClN4S. The van der Waals surface area contributed by atoms with Crippen LogP contribution in [0, 0.1) is 5.41 Å². The predicted molar refractivity (Wildman–Crippen MR) is 54.3 cm³/mol. The van der Waals surface area contributed by atoms with Crippen LogP contribution < -0.4 is 5.49 Å². The van der Waals surface area contributed by atoms with Crippen molar-refractivity contribution in [1.29, 1.82) is 5.41 Å². The zero-order valence-electron chi connectivity index (χ0n) is 7.14. The normalized spacial score (nSPS) is 10.4. The molecule has 6 heteroatoms. The number of thiazole rings is 1. The summed E-state index contributed by atoms with van der Waals surface area (Å²) in [6.07, 6.45) is 3.36. The van der Waals surface area contributed by atoms with Crippen LogP contribution in [0.5, 0.6) is 0 Å². The lowest BCUT2D eigenvalue weighted by Crippen LogP contribution is -2.21. The second-order valence-electron chi connectivity index (χ2n) is 2.65. The van der Waals surface area contributed by atoms with Gasteiger partial charge in [-0.25, -0.2) is 9.67 Å². The first-order valence-electron chi connectivity index (χ1n) is 3.92. The SMILES string of the molecule is N=c1cccnn1Cc1cnc(Cl)s1. The Morgan fingerprint density at radius 1 is 1.57 bits per heavy atom. The quantitative estimate of drug-likeness (QED) is 0.844. The standard InChI is InChI=1S/C8H7ClN4S/c9-8-11-4-6(14-8)5-13-7(10)2-1-3-12-13/h1-4,10H,5H2. The third kappa shape index (κ3) is 2.00. The van der Waals surface area contributed by atoms with Crippen LogP contribution in [0.1, 0.15) is 4.88 Å². The van der Waals surface area contributed by atoms with Crippen molar-refractivity contribution in [3.63, 3.8) is 0 Å². The molecule has 14 heavy (non-hydrogen) atoms. The molecule has 0 spiro atoms. The highest BCUT2D eigenvalue weighted by Crippen LogP contribution is 2.17. The molecule has 0 aliphatic carbocycles. The van der Waals surface area contributed by atoms with Gasteiger partial charge in [-0.1, -0.05) is 11.6 Å². The summed E-state index contributed by atoms with van der Waals surface area (Å²) in [6.45, 7) is 0.546. The maximum atomic E-state index is 7.58. The highest BCUT2D eigenvalue weighted by Gasteiger charge is 2.00. The molecule has 2 heterocycles. The molecular weight excluding hydrogens is 220 g/mol. The zero-order valence-corrected chi connectivity index (χ0v) is 8.72. The highest BCUT2D eigenvalue weighted by molar-refractivity contribution is 7.15. The van der Waals surface area contributed by atoms with Gasteiger partial charge in [0, 0.05) is 17.3 Å². The molecule has 0 radical (unpaired) electrons. The second kappa shape index (κ2) is 3.89. The summed E-state index contributed by atoms with van der Waals surface area (Å²) in [4.78, 5) is 4.92. The molecule has 0 saturated carbocycles. The number of nitrogens with zero attached hydrogens (tertiary/aromatic N) is 3. The summed E-state index contributed by atoms with van der Waals surface area (Å²) in [6, 6.07) is 3.42. The molecule has 1 N–H and O–H groups in total. The van der Waals surface area contributed by atoms with Gasteiger partial charge in [-0.3, -0.25) is 5.41 Å². The molecule has 0 saturated heterocycles. The molecule has 0 aliphatic rings. The Balaban J connectivity index is 2.27. The molecule has 72 valence electrons. The van der Waals surface area contributed by atoms with Crippen molar-refractivity contribution < 1.29 is 0 Å². The summed E-state index contributed by atoms with van der Waals surface area (Å²) in [5.41, 5.74) is 0.372. The molecule has 0 aliphatic heterocycles. The maximum Gasteiger partial charge on any atom is 0.183 e. The number of halogens is 1. The second-order valence-corrected chi connectivity index (χ2v) is 4.34. The van der Waals surface area contributed by atoms with E-state index in [1.165, 1.54) is 11.3 Å². The Hall–Kier alpha value is -1.20. The zero-order chi connectivity index (χ0) is 9.97. The fourth-order valence-electron chi connectivity index (χ4n) is 1.03. The van der Waals surface area contributed by atoms with E-state index in [0.29, 0.717) is 16.5 Å². The Bertz CT molecular complexity index is 490. The first-order chi connectivity index (χ1) is 6.75. The van der Waals surface area contributed by atoms with E-state index in [1.807, 2.05) is 0 Å². The Morgan fingerprint density at radius 3 is 3.07 bits per heavy atom. The molecule has 4 nitrogen and oxygen atoms in total. The average Bonchev–Trinajstić information content (AvgIpc) is 2.56.